The molecule has 0 radical (unpaired) electrons. The summed E-state index contributed by atoms with van der Waals surface area (Å²) >= 11 is 0.847. The first-order chi connectivity index (χ1) is 9.32. The molecule has 0 bridgehead atoms. The summed E-state index contributed by atoms with van der Waals surface area (Å²) in [6.07, 6.45) is -4.66. The summed E-state index contributed by atoms with van der Waals surface area (Å²) in [6.45, 7) is 1.75. The maximum absolute atomic E-state index is 12.5. The second-order valence-corrected chi connectivity index (χ2v) is 4.41. The van der Waals surface area contributed by atoms with Crippen molar-refractivity contribution in [1.82, 2.24) is 14.8 Å². The molecule has 2 aromatic rings. The highest BCUT2D eigenvalue weighted by atomic mass is 32.1. The summed E-state index contributed by atoms with van der Waals surface area (Å²) < 4.78 is 42.7. The average Bonchev–Trinajstić information content (AvgIpc) is 2.94. The number of rotatable bonds is 3. The van der Waals surface area contributed by atoms with Gasteiger partial charge < -0.3 is 4.74 Å². The standard InChI is InChI=1S/C10H8F3N3O3S/c1-2-19-8(18)5-4-20-9(14-5)16-7(17)3-6(15-16)10(11,12)13/h3-4,15H,2H2,1H3. The smallest absolute Gasteiger partial charge is 0.432 e. The normalized spacial score (nSPS) is 11.6. The van der Waals surface area contributed by atoms with Crippen molar-refractivity contribution in [3.63, 3.8) is 0 Å². The molecule has 6 nitrogen and oxygen atoms in total. The van der Waals surface area contributed by atoms with Crippen molar-refractivity contribution in [3.05, 3.63) is 33.2 Å². The molecule has 0 fully saturated rings. The number of ether oxygens (including phenoxy) is 1. The van der Waals surface area contributed by atoms with Crippen LogP contribution in [0.1, 0.15) is 23.1 Å². The van der Waals surface area contributed by atoms with Crippen LogP contribution in [0.5, 0.6) is 0 Å². The zero-order valence-electron chi connectivity index (χ0n) is 10.0. The van der Waals surface area contributed by atoms with E-state index < -0.39 is 23.4 Å². The van der Waals surface area contributed by atoms with E-state index in [1.807, 2.05) is 5.10 Å². The van der Waals surface area contributed by atoms with Gasteiger partial charge in [-0.15, -0.1) is 11.3 Å². The lowest BCUT2D eigenvalue weighted by atomic mass is 10.4. The zero-order chi connectivity index (χ0) is 14.9. The molecule has 0 saturated carbocycles. The van der Waals surface area contributed by atoms with Crippen LogP contribution in [0, 0.1) is 0 Å². The van der Waals surface area contributed by atoms with E-state index in [1.54, 1.807) is 6.92 Å². The first kappa shape index (κ1) is 14.3. The lowest BCUT2D eigenvalue weighted by Crippen LogP contribution is -2.14. The molecule has 0 unspecified atom stereocenters. The topological polar surface area (TPSA) is 77.0 Å². The van der Waals surface area contributed by atoms with Crippen molar-refractivity contribution in [3.8, 4) is 5.13 Å². The highest BCUT2D eigenvalue weighted by molar-refractivity contribution is 7.12. The maximum Gasteiger partial charge on any atom is 0.432 e. The van der Waals surface area contributed by atoms with Crippen molar-refractivity contribution in [2.45, 2.75) is 13.1 Å². The SMILES string of the molecule is CCOC(=O)c1csc(-n2[nH]c(C(F)(F)F)cc2=O)n1. The number of halogens is 3. The minimum atomic E-state index is -4.66. The Morgan fingerprint density at radius 3 is 2.80 bits per heavy atom. The number of thiazole rings is 1. The van der Waals surface area contributed by atoms with Gasteiger partial charge in [-0.3, -0.25) is 9.89 Å². The van der Waals surface area contributed by atoms with Gasteiger partial charge in [0.25, 0.3) is 5.56 Å². The number of H-pyrrole nitrogens is 1. The van der Waals surface area contributed by atoms with E-state index in [2.05, 4.69) is 4.98 Å². The number of hydrogen-bond donors (Lipinski definition) is 1. The molecule has 0 aliphatic carbocycles. The molecule has 0 saturated heterocycles. The van der Waals surface area contributed by atoms with Crippen LogP contribution in [0.4, 0.5) is 13.2 Å². The second kappa shape index (κ2) is 5.12. The van der Waals surface area contributed by atoms with Crippen LogP contribution < -0.4 is 5.56 Å². The number of carbonyl (C=O) groups excluding carboxylic acids is 1. The molecular formula is C10H8F3N3O3S. The lowest BCUT2D eigenvalue weighted by molar-refractivity contribution is -0.141. The monoisotopic (exact) mass is 307 g/mol. The summed E-state index contributed by atoms with van der Waals surface area (Å²) in [4.78, 5) is 26.6. The predicted molar refractivity (Wildman–Crippen MR) is 63.0 cm³/mol. The van der Waals surface area contributed by atoms with E-state index >= 15 is 0 Å². The summed E-state index contributed by atoms with van der Waals surface area (Å²) in [5.41, 5.74) is -2.17. The van der Waals surface area contributed by atoms with E-state index in [0.717, 1.165) is 11.3 Å². The summed E-state index contributed by atoms with van der Waals surface area (Å²) in [7, 11) is 0. The van der Waals surface area contributed by atoms with Gasteiger partial charge in [0, 0.05) is 11.4 Å². The van der Waals surface area contributed by atoms with Gasteiger partial charge in [-0.05, 0) is 6.92 Å². The summed E-state index contributed by atoms with van der Waals surface area (Å²) in [5.74, 6) is -0.703. The Hall–Kier alpha value is -2.10. The highest BCUT2D eigenvalue weighted by Gasteiger charge is 2.34. The van der Waals surface area contributed by atoms with Crippen LogP contribution in [0.25, 0.3) is 5.13 Å². The van der Waals surface area contributed by atoms with Crippen molar-refractivity contribution in [2.24, 2.45) is 0 Å². The second-order valence-electron chi connectivity index (χ2n) is 3.58. The Balaban J connectivity index is 2.36. The number of aromatic amines is 1. The number of carbonyl (C=O) groups is 1. The fraction of sp³-hybridized carbons (Fsp3) is 0.300. The lowest BCUT2D eigenvalue weighted by Gasteiger charge is -2.01. The largest absolute Gasteiger partial charge is 0.461 e. The Bertz CT molecular complexity index is 686. The maximum atomic E-state index is 12.5. The van der Waals surface area contributed by atoms with Gasteiger partial charge in [0.15, 0.2) is 5.69 Å². The van der Waals surface area contributed by atoms with Crippen molar-refractivity contribution in [1.29, 1.82) is 0 Å². The molecule has 108 valence electrons. The molecule has 2 heterocycles. The molecule has 20 heavy (non-hydrogen) atoms. The zero-order valence-corrected chi connectivity index (χ0v) is 10.8. The van der Waals surface area contributed by atoms with Gasteiger partial charge >= 0.3 is 12.1 Å². The number of alkyl halides is 3. The van der Waals surface area contributed by atoms with Crippen LogP contribution in [0.3, 0.4) is 0 Å². The molecular weight excluding hydrogens is 299 g/mol. The quantitative estimate of drug-likeness (QED) is 0.877. The molecule has 2 aromatic heterocycles. The Morgan fingerprint density at radius 1 is 1.55 bits per heavy atom. The minimum absolute atomic E-state index is 0.0677. The number of nitrogens with one attached hydrogen (secondary N) is 1. The molecule has 0 spiro atoms. The van der Waals surface area contributed by atoms with Crippen molar-refractivity contribution >= 4 is 17.3 Å². The number of esters is 1. The van der Waals surface area contributed by atoms with Gasteiger partial charge in [0.05, 0.1) is 6.61 Å². The molecule has 1 N–H and O–H groups in total. The van der Waals surface area contributed by atoms with Crippen molar-refractivity contribution in [2.75, 3.05) is 6.61 Å². The van der Waals surface area contributed by atoms with Gasteiger partial charge in [0.1, 0.15) is 5.69 Å². The van der Waals surface area contributed by atoms with Gasteiger partial charge in [0.2, 0.25) is 5.13 Å². The first-order valence-corrected chi connectivity index (χ1v) is 6.23. The van der Waals surface area contributed by atoms with Crippen LogP contribution in [-0.4, -0.2) is 27.3 Å². The number of aromatic nitrogens is 3. The van der Waals surface area contributed by atoms with Gasteiger partial charge in [-0.2, -0.15) is 17.9 Å². The third kappa shape index (κ3) is 2.74. The molecule has 0 aliphatic rings. The molecule has 0 aliphatic heterocycles. The molecule has 0 aromatic carbocycles. The Labute approximate surface area is 113 Å². The summed E-state index contributed by atoms with van der Waals surface area (Å²) in [6, 6.07) is 0.422. The van der Waals surface area contributed by atoms with Crippen LogP contribution in [0.15, 0.2) is 16.2 Å². The van der Waals surface area contributed by atoms with E-state index in [1.165, 1.54) is 5.38 Å². The predicted octanol–water partition coefficient (Wildman–Crippen LogP) is 1.82. The Kier molecular flexibility index (Phi) is 3.66. The Morgan fingerprint density at radius 2 is 2.25 bits per heavy atom. The van der Waals surface area contributed by atoms with Gasteiger partial charge in [-0.25, -0.2) is 9.78 Å². The number of nitrogens with zero attached hydrogens (tertiary/aromatic N) is 2. The van der Waals surface area contributed by atoms with E-state index in [9.17, 15) is 22.8 Å². The molecule has 2 rings (SSSR count). The minimum Gasteiger partial charge on any atom is -0.461 e. The van der Waals surface area contributed by atoms with E-state index in [-0.39, 0.29) is 17.4 Å². The third-order valence-corrected chi connectivity index (χ3v) is 3.02. The number of hydrogen-bond acceptors (Lipinski definition) is 5. The van der Waals surface area contributed by atoms with Crippen LogP contribution >= 0.6 is 11.3 Å². The average molecular weight is 307 g/mol. The molecule has 0 atom stereocenters. The fourth-order valence-electron chi connectivity index (χ4n) is 1.35. The van der Waals surface area contributed by atoms with E-state index in [0.29, 0.717) is 10.7 Å². The van der Waals surface area contributed by atoms with Gasteiger partial charge in [-0.1, -0.05) is 0 Å². The van der Waals surface area contributed by atoms with Crippen molar-refractivity contribution < 1.29 is 22.7 Å². The third-order valence-electron chi connectivity index (χ3n) is 2.19. The molecule has 10 heteroatoms. The fourth-order valence-corrected chi connectivity index (χ4v) is 2.11. The van der Waals surface area contributed by atoms with Crippen LogP contribution in [-0.2, 0) is 10.9 Å². The van der Waals surface area contributed by atoms with E-state index in [4.69, 9.17) is 4.74 Å². The van der Waals surface area contributed by atoms with Crippen LogP contribution in [0.2, 0.25) is 0 Å². The first-order valence-electron chi connectivity index (χ1n) is 5.35. The molecule has 0 amide bonds. The summed E-state index contributed by atoms with van der Waals surface area (Å²) in [5, 5.41) is 3.12. The highest BCUT2D eigenvalue weighted by Crippen LogP contribution is 2.27.